The van der Waals surface area contributed by atoms with Crippen molar-refractivity contribution in [3.05, 3.63) is 58.6 Å². The zero-order chi connectivity index (χ0) is 18.8. The molecule has 0 N–H and O–H groups in total. The smallest absolute Gasteiger partial charge is 0.242 e. The van der Waals surface area contributed by atoms with Crippen molar-refractivity contribution in [2.24, 2.45) is 0 Å². The molecule has 0 atom stereocenters. The summed E-state index contributed by atoms with van der Waals surface area (Å²) >= 11 is 6.11. The number of hydrogen-bond donors (Lipinski definition) is 0. The molecule has 1 saturated heterocycles. The number of carbonyl (C=O) groups excluding carboxylic acids is 1. The number of rotatable bonds is 3. The van der Waals surface area contributed by atoms with Crippen molar-refractivity contribution < 1.29 is 4.79 Å². The summed E-state index contributed by atoms with van der Waals surface area (Å²) in [6, 6.07) is 14.5. The number of piperazine rings is 1. The van der Waals surface area contributed by atoms with E-state index in [9.17, 15) is 4.79 Å². The molecule has 1 fully saturated rings. The lowest BCUT2D eigenvalue weighted by atomic mass is 9.99. The van der Waals surface area contributed by atoms with E-state index in [2.05, 4.69) is 41.0 Å². The standard InChI is InChI=1S/C22H26ClN3O/c1-17-7-8-21-18(14-17)4-3-9-26(21)16-22(27)25-12-10-24(11-13-25)20-6-2-5-19(23)15-20/h2,5-8,14-15H,3-4,9-13,16H2,1H3. The van der Waals surface area contributed by atoms with Gasteiger partial charge in [-0.3, -0.25) is 4.79 Å². The van der Waals surface area contributed by atoms with Gasteiger partial charge in [-0.05, 0) is 49.6 Å². The summed E-state index contributed by atoms with van der Waals surface area (Å²) in [6.45, 7) is 6.80. The fourth-order valence-electron chi connectivity index (χ4n) is 4.12. The van der Waals surface area contributed by atoms with Crippen molar-refractivity contribution in [1.82, 2.24) is 4.90 Å². The topological polar surface area (TPSA) is 26.8 Å². The Kier molecular flexibility index (Phi) is 5.26. The summed E-state index contributed by atoms with van der Waals surface area (Å²) < 4.78 is 0. The normalized spacial score (nSPS) is 17.0. The van der Waals surface area contributed by atoms with E-state index in [4.69, 9.17) is 11.6 Å². The van der Waals surface area contributed by atoms with Crippen molar-refractivity contribution in [2.75, 3.05) is 49.1 Å². The van der Waals surface area contributed by atoms with Crippen LogP contribution in [0.3, 0.4) is 0 Å². The molecule has 0 radical (unpaired) electrons. The van der Waals surface area contributed by atoms with E-state index in [1.807, 2.05) is 23.1 Å². The van der Waals surface area contributed by atoms with Gasteiger partial charge in [0.15, 0.2) is 0 Å². The van der Waals surface area contributed by atoms with Crippen molar-refractivity contribution in [3.63, 3.8) is 0 Å². The lowest BCUT2D eigenvalue weighted by molar-refractivity contribution is -0.130. The summed E-state index contributed by atoms with van der Waals surface area (Å²) in [7, 11) is 0. The predicted octanol–water partition coefficient (Wildman–Crippen LogP) is 3.75. The van der Waals surface area contributed by atoms with Crippen molar-refractivity contribution in [2.45, 2.75) is 19.8 Å². The molecule has 2 heterocycles. The molecule has 5 heteroatoms. The second-order valence-corrected chi connectivity index (χ2v) is 7.94. The van der Waals surface area contributed by atoms with Crippen LogP contribution in [-0.4, -0.2) is 50.1 Å². The Morgan fingerprint density at radius 1 is 1.04 bits per heavy atom. The Hall–Kier alpha value is -2.20. The maximum absolute atomic E-state index is 12.9. The molecular formula is C22H26ClN3O. The summed E-state index contributed by atoms with van der Waals surface area (Å²) in [5.41, 5.74) is 5.03. The third-order valence-corrected chi connectivity index (χ3v) is 5.82. The van der Waals surface area contributed by atoms with Crippen LogP contribution in [0.25, 0.3) is 0 Å². The van der Waals surface area contributed by atoms with E-state index in [1.165, 1.54) is 16.8 Å². The van der Waals surface area contributed by atoms with Crippen LogP contribution in [0, 0.1) is 6.92 Å². The van der Waals surface area contributed by atoms with Crippen LogP contribution in [0.5, 0.6) is 0 Å². The Balaban J connectivity index is 1.37. The highest BCUT2D eigenvalue weighted by Gasteiger charge is 2.25. The molecule has 4 nitrogen and oxygen atoms in total. The first-order valence-corrected chi connectivity index (χ1v) is 10.1. The number of carbonyl (C=O) groups is 1. The number of fused-ring (bicyclic) bond motifs is 1. The van der Waals surface area contributed by atoms with Crippen LogP contribution in [0.4, 0.5) is 11.4 Å². The molecule has 27 heavy (non-hydrogen) atoms. The molecule has 0 unspecified atom stereocenters. The quantitative estimate of drug-likeness (QED) is 0.807. The predicted molar refractivity (Wildman–Crippen MR) is 112 cm³/mol. The van der Waals surface area contributed by atoms with Crippen molar-refractivity contribution in [3.8, 4) is 0 Å². The lowest BCUT2D eigenvalue weighted by Gasteiger charge is -2.38. The monoisotopic (exact) mass is 383 g/mol. The average Bonchev–Trinajstić information content (AvgIpc) is 2.68. The minimum atomic E-state index is 0.231. The molecule has 0 bridgehead atoms. The molecule has 142 valence electrons. The van der Waals surface area contributed by atoms with E-state index in [1.54, 1.807) is 0 Å². The molecule has 0 aromatic heterocycles. The zero-order valence-electron chi connectivity index (χ0n) is 15.8. The van der Waals surface area contributed by atoms with Crippen molar-refractivity contribution in [1.29, 1.82) is 0 Å². The van der Waals surface area contributed by atoms with Crippen LogP contribution in [-0.2, 0) is 11.2 Å². The van der Waals surface area contributed by atoms with Gasteiger partial charge in [-0.15, -0.1) is 0 Å². The number of anilines is 2. The van der Waals surface area contributed by atoms with Gasteiger partial charge in [0.05, 0.1) is 6.54 Å². The molecule has 0 spiro atoms. The Morgan fingerprint density at radius 3 is 2.63 bits per heavy atom. The minimum Gasteiger partial charge on any atom is -0.368 e. The number of aryl methyl sites for hydroxylation is 2. The number of hydrogen-bond acceptors (Lipinski definition) is 3. The number of halogens is 1. The van der Waals surface area contributed by atoms with Gasteiger partial charge in [-0.1, -0.05) is 35.4 Å². The van der Waals surface area contributed by atoms with E-state index >= 15 is 0 Å². The summed E-state index contributed by atoms with van der Waals surface area (Å²) in [5, 5.41) is 0.755. The number of benzene rings is 2. The van der Waals surface area contributed by atoms with Crippen LogP contribution < -0.4 is 9.80 Å². The van der Waals surface area contributed by atoms with Crippen LogP contribution in [0.15, 0.2) is 42.5 Å². The van der Waals surface area contributed by atoms with Crippen molar-refractivity contribution >= 4 is 28.9 Å². The van der Waals surface area contributed by atoms with E-state index in [0.29, 0.717) is 6.54 Å². The molecule has 1 amide bonds. The van der Waals surface area contributed by atoms with Gasteiger partial charge >= 0.3 is 0 Å². The lowest BCUT2D eigenvalue weighted by Crippen LogP contribution is -2.51. The SMILES string of the molecule is Cc1ccc2c(c1)CCCN2CC(=O)N1CCN(c2cccc(Cl)c2)CC1. The fraction of sp³-hybridized carbons (Fsp3) is 0.409. The molecule has 2 aromatic carbocycles. The second-order valence-electron chi connectivity index (χ2n) is 7.50. The van der Waals surface area contributed by atoms with Gasteiger partial charge in [0.2, 0.25) is 5.91 Å². The van der Waals surface area contributed by atoms with Gasteiger partial charge in [0.25, 0.3) is 0 Å². The van der Waals surface area contributed by atoms with E-state index < -0.39 is 0 Å². The maximum Gasteiger partial charge on any atom is 0.242 e. The first-order chi connectivity index (χ1) is 13.1. The first-order valence-electron chi connectivity index (χ1n) is 9.73. The molecule has 4 rings (SSSR count). The molecule has 0 aliphatic carbocycles. The molecule has 2 aliphatic rings. The zero-order valence-corrected chi connectivity index (χ0v) is 16.6. The third-order valence-electron chi connectivity index (χ3n) is 5.58. The Bertz CT molecular complexity index is 830. The molecule has 2 aliphatic heterocycles. The molecule has 0 saturated carbocycles. The van der Waals surface area contributed by atoms with E-state index in [-0.39, 0.29) is 5.91 Å². The molecular weight excluding hydrogens is 358 g/mol. The fourth-order valence-corrected chi connectivity index (χ4v) is 4.30. The largest absolute Gasteiger partial charge is 0.368 e. The second kappa shape index (κ2) is 7.81. The van der Waals surface area contributed by atoms with Gasteiger partial charge in [-0.25, -0.2) is 0 Å². The number of nitrogens with zero attached hydrogens (tertiary/aromatic N) is 3. The summed E-state index contributed by atoms with van der Waals surface area (Å²) in [5.74, 6) is 0.231. The highest BCUT2D eigenvalue weighted by atomic mass is 35.5. The minimum absolute atomic E-state index is 0.231. The summed E-state index contributed by atoms with van der Waals surface area (Å²) in [6.07, 6.45) is 2.23. The summed E-state index contributed by atoms with van der Waals surface area (Å²) in [4.78, 5) is 19.4. The van der Waals surface area contributed by atoms with Gasteiger partial charge in [-0.2, -0.15) is 0 Å². The highest BCUT2D eigenvalue weighted by molar-refractivity contribution is 6.30. The van der Waals surface area contributed by atoms with Crippen LogP contribution in [0.2, 0.25) is 5.02 Å². The third kappa shape index (κ3) is 4.06. The number of amides is 1. The highest BCUT2D eigenvalue weighted by Crippen LogP contribution is 2.28. The maximum atomic E-state index is 12.9. The Labute approximate surface area is 166 Å². The first kappa shape index (κ1) is 18.2. The van der Waals surface area contributed by atoms with Crippen LogP contribution in [0.1, 0.15) is 17.5 Å². The Morgan fingerprint density at radius 2 is 1.85 bits per heavy atom. The van der Waals surface area contributed by atoms with Gasteiger partial charge < -0.3 is 14.7 Å². The van der Waals surface area contributed by atoms with Gasteiger partial charge in [0.1, 0.15) is 0 Å². The van der Waals surface area contributed by atoms with Gasteiger partial charge in [0, 0.05) is 49.1 Å². The molecule has 2 aromatic rings. The van der Waals surface area contributed by atoms with Crippen LogP contribution >= 0.6 is 11.6 Å². The van der Waals surface area contributed by atoms with E-state index in [0.717, 1.165) is 56.3 Å². The average molecular weight is 384 g/mol.